The van der Waals surface area contributed by atoms with Crippen molar-refractivity contribution in [3.63, 3.8) is 0 Å². The maximum Gasteiger partial charge on any atom is 0.326 e. The Morgan fingerprint density at radius 2 is 0.886 bits per heavy atom. The molecule has 428 valence electrons. The molecule has 8 amide bonds. The second kappa shape index (κ2) is 28.9. The molecule has 0 aliphatic rings. The smallest absolute Gasteiger partial charge is 0.326 e. The van der Waals surface area contributed by atoms with Crippen molar-refractivity contribution in [3.05, 3.63) is 72.3 Å². The van der Waals surface area contributed by atoms with E-state index in [2.05, 4.69) is 41.2 Å². The first-order chi connectivity index (χ1) is 37.2. The van der Waals surface area contributed by atoms with Crippen molar-refractivity contribution in [1.29, 1.82) is 0 Å². The number of benzene rings is 2. The molecule has 0 fully saturated rings. The van der Waals surface area contributed by atoms with Crippen LogP contribution in [0.1, 0.15) is 62.5 Å². The number of carboxylic acids is 2. The Bertz CT molecular complexity index is 2900. The average Bonchev–Trinajstić information content (AvgIpc) is 3.42. The number of amides is 8. The summed E-state index contributed by atoms with van der Waals surface area (Å²) in [5, 5.41) is 50.4. The Balaban J connectivity index is 1.63. The monoisotopic (exact) mass is 1140 g/mol. The molecule has 26 nitrogen and oxygen atoms in total. The van der Waals surface area contributed by atoms with Crippen molar-refractivity contribution in [1.82, 2.24) is 60.8 Å². The van der Waals surface area contributed by atoms with Gasteiger partial charge in [0.2, 0.25) is 35.4 Å². The molecule has 2 heterocycles. The van der Waals surface area contributed by atoms with Gasteiger partial charge >= 0.3 is 11.9 Å². The zero-order chi connectivity index (χ0) is 59.2. The van der Waals surface area contributed by atoms with Crippen LogP contribution in [0.3, 0.4) is 0 Å². The largest absolute Gasteiger partial charge is 0.480 e. The lowest BCUT2D eigenvalue weighted by atomic mass is 10.0. The Morgan fingerprint density at radius 3 is 1.25 bits per heavy atom. The maximum absolute atomic E-state index is 14.8. The summed E-state index contributed by atoms with van der Waals surface area (Å²) >= 11 is 1.89. The van der Waals surface area contributed by atoms with Gasteiger partial charge in [0.05, 0.1) is 52.3 Å². The Labute approximate surface area is 464 Å². The van der Waals surface area contributed by atoms with Crippen LogP contribution >= 0.6 is 23.5 Å². The highest BCUT2D eigenvalue weighted by Crippen LogP contribution is 2.32. The molecule has 4 rings (SSSR count). The number of carbonyl (C=O) groups excluding carboxylic acids is 8. The first kappa shape index (κ1) is 64.0. The molecule has 0 unspecified atom stereocenters. The van der Waals surface area contributed by atoms with E-state index in [4.69, 9.17) is 0 Å². The van der Waals surface area contributed by atoms with Gasteiger partial charge in [-0.15, -0.1) is 23.5 Å². The van der Waals surface area contributed by atoms with Gasteiger partial charge in [-0.3, -0.25) is 48.3 Å². The summed E-state index contributed by atoms with van der Waals surface area (Å²) in [5.41, 5.74) is 1.44. The summed E-state index contributed by atoms with van der Waals surface area (Å²) in [7, 11) is 4.92. The highest BCUT2D eigenvalue weighted by molar-refractivity contribution is 8.16. The van der Waals surface area contributed by atoms with E-state index in [0.717, 1.165) is 43.1 Å². The minimum atomic E-state index is -1.60. The van der Waals surface area contributed by atoms with Crippen LogP contribution in [0.2, 0.25) is 0 Å². The number of carboxylic acid groups (broad SMARTS) is 2. The lowest BCUT2D eigenvalue weighted by Gasteiger charge is -2.39. The van der Waals surface area contributed by atoms with Gasteiger partial charge in [-0.1, -0.05) is 52.0 Å². The molecule has 2 aromatic carbocycles. The minimum Gasteiger partial charge on any atom is -0.480 e. The van der Waals surface area contributed by atoms with Gasteiger partial charge in [0.15, 0.2) is 0 Å². The van der Waals surface area contributed by atoms with Crippen LogP contribution in [0.25, 0.3) is 22.1 Å². The summed E-state index contributed by atoms with van der Waals surface area (Å²) in [6, 6.07) is 1.36. The standard InChI is InChI=1S/C51H68N12O14S2/c1-25(2)38(49(74)75)61(8)47(72)37(60(7)45(70)27(5)54-43(68)35(22-64)58-41(66)33-20-52-29-16-12-14-18-31(29)56-33)24-79-51(78-11)40(48(73)62(9)39(26(3)4)50(76)77)63(10)46(71)28(6)55-44(69)36(23-65)59-42(67)34-21-53-30-17-13-15-19-32(30)57-34/h12-21,25-28,35-40,51,64-65H,22-24H2,1-11H3,(H,54,68)(H,55,69)(H,58,66)(H,59,67)(H,74,75)(H,76,77)/t27-,28-,35+,36+,37-,38-,39-,40+,51-/m0/s1. The van der Waals surface area contributed by atoms with E-state index >= 15 is 0 Å². The molecule has 0 spiro atoms. The van der Waals surface area contributed by atoms with Crippen molar-refractivity contribution >= 4 is 105 Å². The van der Waals surface area contributed by atoms with E-state index in [1.54, 1.807) is 82.5 Å². The van der Waals surface area contributed by atoms with E-state index in [-0.39, 0.29) is 11.4 Å². The number of nitrogens with one attached hydrogen (secondary N) is 4. The fourth-order valence-electron chi connectivity index (χ4n) is 8.44. The highest BCUT2D eigenvalue weighted by atomic mass is 32.2. The van der Waals surface area contributed by atoms with Gasteiger partial charge in [-0.25, -0.2) is 19.6 Å². The normalized spacial score (nSPS) is 14.8. The van der Waals surface area contributed by atoms with Crippen LogP contribution in [0.4, 0.5) is 0 Å². The summed E-state index contributed by atoms with van der Waals surface area (Å²) in [5.74, 6) is -11.7. The van der Waals surface area contributed by atoms with E-state index in [1.807, 2.05) is 0 Å². The zero-order valence-electron chi connectivity index (χ0n) is 45.5. The first-order valence-electron chi connectivity index (χ1n) is 24.7. The van der Waals surface area contributed by atoms with Gasteiger partial charge in [0.1, 0.15) is 59.7 Å². The fourth-order valence-corrected chi connectivity index (χ4v) is 11.0. The molecule has 0 radical (unpaired) electrons. The van der Waals surface area contributed by atoms with Crippen LogP contribution in [0.5, 0.6) is 0 Å². The molecule has 4 aromatic rings. The number of rotatable bonds is 27. The van der Waals surface area contributed by atoms with Gasteiger partial charge in [-0.2, -0.15) is 0 Å². The topological polar surface area (TPSA) is 364 Å². The molecule has 2 aromatic heterocycles. The van der Waals surface area contributed by atoms with Gasteiger partial charge in [0.25, 0.3) is 11.8 Å². The summed E-state index contributed by atoms with van der Waals surface area (Å²) in [4.78, 5) is 157. The number of para-hydroxylation sites is 4. The Morgan fingerprint density at radius 1 is 0.519 bits per heavy atom. The molecule has 0 aliphatic carbocycles. The number of hydrogen-bond acceptors (Lipinski definition) is 18. The fraction of sp³-hybridized carbons (Fsp3) is 0.490. The predicted octanol–water partition coefficient (Wildman–Crippen LogP) is -0.324. The van der Waals surface area contributed by atoms with Gasteiger partial charge in [0, 0.05) is 33.9 Å². The summed E-state index contributed by atoms with van der Waals surface area (Å²) in [6.45, 7) is 6.99. The third kappa shape index (κ3) is 16.0. The van der Waals surface area contributed by atoms with Crippen LogP contribution in [0.15, 0.2) is 60.9 Å². The second-order valence-electron chi connectivity index (χ2n) is 19.1. The number of likely N-dealkylation sites (N-methyl/N-ethyl adjacent to an activating group) is 4. The molecule has 0 saturated heterocycles. The van der Waals surface area contributed by atoms with Crippen molar-refractivity contribution in [2.75, 3.05) is 53.4 Å². The van der Waals surface area contributed by atoms with E-state index in [1.165, 1.54) is 54.4 Å². The molecular weight excluding hydrogens is 1070 g/mol. The molecule has 0 aliphatic heterocycles. The molecule has 0 bridgehead atoms. The number of carbonyl (C=O) groups is 10. The Hall–Kier alpha value is -7.56. The summed E-state index contributed by atoms with van der Waals surface area (Å²) < 4.78 is -1.11. The minimum absolute atomic E-state index is 0.168. The molecular formula is C51H68N12O14S2. The zero-order valence-corrected chi connectivity index (χ0v) is 47.1. The third-order valence-electron chi connectivity index (χ3n) is 12.8. The average molecular weight is 1140 g/mol. The van der Waals surface area contributed by atoms with E-state index in [9.17, 15) is 68.4 Å². The molecule has 79 heavy (non-hydrogen) atoms. The van der Waals surface area contributed by atoms with E-state index < -0.39 is 143 Å². The number of hydrogen-bond donors (Lipinski definition) is 8. The lowest BCUT2D eigenvalue weighted by Crippen LogP contribution is -2.61. The molecule has 28 heteroatoms. The lowest BCUT2D eigenvalue weighted by molar-refractivity contribution is -0.154. The second-order valence-corrected chi connectivity index (χ2v) is 21.6. The number of aromatic nitrogens is 4. The number of aliphatic hydroxyl groups is 2. The predicted molar refractivity (Wildman–Crippen MR) is 292 cm³/mol. The number of fused-ring (bicyclic) bond motifs is 2. The maximum atomic E-state index is 14.8. The van der Waals surface area contributed by atoms with Crippen molar-refractivity contribution in [2.24, 2.45) is 11.8 Å². The quantitative estimate of drug-likeness (QED) is 0.0355. The third-order valence-corrected chi connectivity index (χ3v) is 15.6. The Kier molecular flexibility index (Phi) is 23.4. The number of thioether (sulfide) groups is 2. The van der Waals surface area contributed by atoms with Crippen molar-refractivity contribution in [2.45, 2.75) is 94.5 Å². The molecule has 8 N–H and O–H groups in total. The van der Waals surface area contributed by atoms with Crippen LogP contribution < -0.4 is 21.3 Å². The van der Waals surface area contributed by atoms with Crippen LogP contribution in [-0.4, -0.2) is 225 Å². The number of aliphatic carboxylic acids is 2. The van der Waals surface area contributed by atoms with Crippen molar-refractivity contribution < 1.29 is 68.4 Å². The summed E-state index contributed by atoms with van der Waals surface area (Å²) in [6.07, 6.45) is 3.93. The SMILES string of the molecule is CS[C@@H](SC[C@@H](C(=O)N(C)[C@H](C(=O)O)C(C)C)N(C)C(=O)[C@H](C)NC(=O)[C@@H](CO)NC(=O)c1cnc2ccccc2n1)[C@@H](C(=O)N(C)[C@H](C(=O)O)C(C)C)N(C)C(=O)[C@H](C)NC(=O)[C@@H](CO)NC(=O)c1cnc2ccccc2n1. The number of aliphatic hydroxyl groups excluding tert-OH is 2. The van der Waals surface area contributed by atoms with Gasteiger partial charge in [-0.05, 0) is 56.2 Å². The van der Waals surface area contributed by atoms with E-state index in [0.29, 0.717) is 22.1 Å². The van der Waals surface area contributed by atoms with Gasteiger partial charge < -0.3 is 61.3 Å². The van der Waals surface area contributed by atoms with Crippen molar-refractivity contribution in [3.8, 4) is 0 Å². The first-order valence-corrected chi connectivity index (χ1v) is 27.1. The molecule has 0 saturated carbocycles. The van der Waals surface area contributed by atoms with Crippen LogP contribution in [0, 0.1) is 11.8 Å². The number of nitrogens with zero attached hydrogens (tertiary/aromatic N) is 8. The van der Waals surface area contributed by atoms with Crippen LogP contribution in [-0.2, 0) is 38.4 Å². The highest BCUT2D eigenvalue weighted by Gasteiger charge is 2.44. The molecule has 9 atom stereocenters.